The molecule has 0 aliphatic carbocycles. The molecule has 0 saturated heterocycles. The molecule has 6 heteroatoms. The first-order chi connectivity index (χ1) is 5.70. The summed E-state index contributed by atoms with van der Waals surface area (Å²) in [6.07, 6.45) is 4.01. The van der Waals surface area contributed by atoms with Crippen molar-refractivity contribution in [1.29, 1.82) is 0 Å². The van der Waals surface area contributed by atoms with Crippen LogP contribution >= 0.6 is 49.4 Å². The van der Waals surface area contributed by atoms with E-state index in [4.69, 9.17) is 5.73 Å². The molecule has 0 fully saturated rings. The number of aldehydes is 1. The second kappa shape index (κ2) is 9.34. The maximum atomic E-state index is 10.6. The monoisotopic (exact) mass is 510 g/mol. The van der Waals surface area contributed by atoms with Crippen molar-refractivity contribution in [2.75, 3.05) is 6.54 Å². The molecule has 0 aromatic heterocycles. The van der Waals surface area contributed by atoms with Crippen LogP contribution in [-0.4, -0.2) is 18.9 Å². The van der Waals surface area contributed by atoms with Gasteiger partial charge in [0.2, 0.25) is 0 Å². The minimum absolute atomic E-state index is 0.0653. The number of nitrogens with one attached hydrogen (secondary N) is 1. The second-order valence-corrected chi connectivity index (χ2v) is 25.5. The van der Waals surface area contributed by atoms with E-state index in [1.807, 2.05) is 0 Å². The van der Waals surface area contributed by atoms with E-state index < -0.39 is 12.1 Å². The fourth-order valence-corrected chi connectivity index (χ4v) is 5.88. The first kappa shape index (κ1) is 13.8. The van der Waals surface area contributed by atoms with Crippen LogP contribution in [0.1, 0.15) is 19.3 Å². The molecule has 0 bridgehead atoms. The van der Waals surface area contributed by atoms with E-state index in [0.29, 0.717) is 0 Å². The Bertz CT molecular complexity index is 123. The van der Waals surface area contributed by atoms with Gasteiger partial charge in [-0.2, -0.15) is 0 Å². The van der Waals surface area contributed by atoms with Crippen LogP contribution < -0.4 is 9.26 Å². The van der Waals surface area contributed by atoms with Crippen LogP contribution in [0.25, 0.3) is 0 Å². The van der Waals surface area contributed by atoms with Crippen LogP contribution in [0.3, 0.4) is 0 Å². The molecule has 3 nitrogen and oxygen atoms in total. The van der Waals surface area contributed by atoms with Gasteiger partial charge in [-0.3, -0.25) is 0 Å². The van der Waals surface area contributed by atoms with E-state index in [9.17, 15) is 4.79 Å². The van der Waals surface area contributed by atoms with E-state index in [1.54, 1.807) is 0 Å². The van der Waals surface area contributed by atoms with Crippen LogP contribution in [0.15, 0.2) is 0 Å². The topological polar surface area (TPSA) is 55.1 Å². The average Bonchev–Trinajstić information content (AvgIpc) is 2.02. The Morgan fingerprint density at radius 1 is 1.50 bits per heavy atom. The van der Waals surface area contributed by atoms with Crippen molar-refractivity contribution < 1.29 is 4.79 Å². The third-order valence-corrected chi connectivity index (χ3v) is 5.79. The summed E-state index contributed by atoms with van der Waals surface area (Å²) in [5, 5.41) is 0. The van der Waals surface area contributed by atoms with Crippen LogP contribution in [0.5, 0.6) is 0 Å². The fourth-order valence-electron chi connectivity index (χ4n) is 0.763. The van der Waals surface area contributed by atoms with Crippen LogP contribution in [0.2, 0.25) is 0 Å². The Kier molecular flexibility index (Phi) is 10.7. The van der Waals surface area contributed by atoms with Crippen LogP contribution in [0.4, 0.5) is 0 Å². The van der Waals surface area contributed by atoms with Gasteiger partial charge in [0.1, 0.15) is 0 Å². The standard InChI is InChI=1S/C6H13I3N2O/c7-9(8)11-6(5-12)3-1-2-4-10/h5-6,11H,1-4,10H2/t6-/m1/s1. The first-order valence-corrected chi connectivity index (χ1v) is 17.3. The molecule has 0 spiro atoms. The number of hydrogen-bond acceptors (Lipinski definition) is 3. The molecule has 12 heavy (non-hydrogen) atoms. The average molecular weight is 510 g/mol. The molecule has 1 atom stereocenters. The Hall–Kier alpha value is 1.78. The number of nitrogens with two attached hydrogens (primary N) is 1. The molecule has 74 valence electrons. The summed E-state index contributed by atoms with van der Waals surface area (Å²) in [5.41, 5.74) is 5.36. The van der Waals surface area contributed by atoms with Gasteiger partial charge in [0.25, 0.3) is 0 Å². The molecular weight excluding hydrogens is 497 g/mol. The number of carbonyl (C=O) groups excluding carboxylic acids is 1. The van der Waals surface area contributed by atoms with Gasteiger partial charge < -0.3 is 0 Å². The van der Waals surface area contributed by atoms with Gasteiger partial charge in [-0.15, -0.1) is 0 Å². The van der Waals surface area contributed by atoms with Gasteiger partial charge in [-0.1, -0.05) is 0 Å². The van der Waals surface area contributed by atoms with Gasteiger partial charge in [0.15, 0.2) is 0 Å². The van der Waals surface area contributed by atoms with E-state index >= 15 is 0 Å². The Labute approximate surface area is 100 Å². The Morgan fingerprint density at radius 2 is 2.17 bits per heavy atom. The van der Waals surface area contributed by atoms with Gasteiger partial charge >= 0.3 is 102 Å². The minimum atomic E-state index is -1.02. The first-order valence-electron chi connectivity index (χ1n) is 3.65. The zero-order valence-corrected chi connectivity index (χ0v) is 13.1. The van der Waals surface area contributed by atoms with Crippen molar-refractivity contribution in [1.82, 2.24) is 3.53 Å². The molecule has 0 aliphatic rings. The van der Waals surface area contributed by atoms with Crippen LogP contribution in [0, 0.1) is 0 Å². The quantitative estimate of drug-likeness (QED) is 0.240. The molecule has 0 rings (SSSR count). The van der Waals surface area contributed by atoms with Gasteiger partial charge in [0, 0.05) is 0 Å². The number of carbonyl (C=O) groups is 1. The normalized spacial score (nSPS) is 14.1. The van der Waals surface area contributed by atoms with Crippen molar-refractivity contribution in [2.45, 2.75) is 25.3 Å². The number of unbranched alkanes of at least 4 members (excludes halogenated alkanes) is 1. The molecule has 0 amide bonds. The fraction of sp³-hybridized carbons (Fsp3) is 0.833. The molecule has 0 heterocycles. The maximum absolute atomic E-state index is 10.6. The van der Waals surface area contributed by atoms with E-state index in [2.05, 4.69) is 40.8 Å². The number of halogens is 3. The molecule has 0 unspecified atom stereocenters. The van der Waals surface area contributed by atoms with Gasteiger partial charge in [0.05, 0.1) is 0 Å². The zero-order chi connectivity index (χ0) is 9.40. The molecular formula is C6H13I3N2O. The van der Waals surface area contributed by atoms with E-state index in [1.165, 1.54) is 0 Å². The molecule has 0 aliphatic heterocycles. The van der Waals surface area contributed by atoms with E-state index in [-0.39, 0.29) is 6.04 Å². The molecule has 0 radical (unpaired) electrons. The van der Waals surface area contributed by atoms with Crippen molar-refractivity contribution in [3.8, 4) is 0 Å². The summed E-state index contributed by atoms with van der Waals surface area (Å²) < 4.78 is 3.31. The van der Waals surface area contributed by atoms with Crippen molar-refractivity contribution in [3.05, 3.63) is 0 Å². The summed E-state index contributed by atoms with van der Waals surface area (Å²) in [4.78, 5) is 10.6. The van der Waals surface area contributed by atoms with Crippen molar-refractivity contribution in [3.63, 3.8) is 0 Å². The zero-order valence-electron chi connectivity index (χ0n) is 6.60. The number of hydrogen-bond donors (Lipinski definition) is 2. The molecule has 3 N–H and O–H groups in total. The summed E-state index contributed by atoms with van der Waals surface area (Å²) in [6, 6.07) is 0.0653. The summed E-state index contributed by atoms with van der Waals surface area (Å²) >= 11 is 3.76. The predicted octanol–water partition coefficient (Wildman–Crippen LogP) is 2.39. The van der Waals surface area contributed by atoms with Crippen LogP contribution in [-0.2, 0) is 4.79 Å². The predicted molar refractivity (Wildman–Crippen MR) is 78.0 cm³/mol. The second-order valence-electron chi connectivity index (χ2n) is 2.33. The third-order valence-electron chi connectivity index (χ3n) is 1.36. The van der Waals surface area contributed by atoms with E-state index in [0.717, 1.165) is 32.1 Å². The van der Waals surface area contributed by atoms with Crippen molar-refractivity contribution in [2.24, 2.45) is 5.73 Å². The van der Waals surface area contributed by atoms with Crippen molar-refractivity contribution >= 4 is 55.7 Å². The van der Waals surface area contributed by atoms with Gasteiger partial charge in [-0.05, 0) is 0 Å². The van der Waals surface area contributed by atoms with Gasteiger partial charge in [-0.25, -0.2) is 0 Å². The Balaban J connectivity index is 3.46. The summed E-state index contributed by atoms with van der Waals surface area (Å²) in [5.74, 6) is 0. The molecule has 0 aromatic carbocycles. The SMILES string of the molecule is NCCCC[C@H](C=O)NI(I)I. The molecule has 0 saturated carbocycles. The Morgan fingerprint density at radius 3 is 2.58 bits per heavy atom. The summed E-state index contributed by atoms with van der Waals surface area (Å²) in [7, 11) is 0. The molecule has 0 aromatic rings. The summed E-state index contributed by atoms with van der Waals surface area (Å²) in [6.45, 7) is 0.725. The third kappa shape index (κ3) is 8.38. The number of rotatable bonds is 7.